The van der Waals surface area contributed by atoms with Crippen LogP contribution in [0.1, 0.15) is 33.4 Å². The van der Waals surface area contributed by atoms with Gasteiger partial charge in [-0.3, -0.25) is 4.79 Å². The van der Waals surface area contributed by atoms with Crippen LogP contribution in [0.25, 0.3) is 0 Å². The van der Waals surface area contributed by atoms with Gasteiger partial charge in [0.2, 0.25) is 0 Å². The molecule has 1 aromatic heterocycles. The molecule has 1 aliphatic rings. The second-order valence-corrected chi connectivity index (χ2v) is 5.03. The maximum Gasteiger partial charge on any atom is 0.274 e. The summed E-state index contributed by atoms with van der Waals surface area (Å²) < 4.78 is 9.90. The normalized spacial score (nSPS) is 20.3. The van der Waals surface area contributed by atoms with E-state index in [1.54, 1.807) is 0 Å². The molecule has 0 fully saturated rings. The molecule has 0 saturated heterocycles. The van der Waals surface area contributed by atoms with Crippen molar-refractivity contribution in [3.63, 3.8) is 0 Å². The number of nitrogens with one attached hydrogen (secondary N) is 1. The van der Waals surface area contributed by atoms with Crippen molar-refractivity contribution in [3.05, 3.63) is 52.9 Å². The van der Waals surface area contributed by atoms with Gasteiger partial charge in [-0.05, 0) is 11.1 Å². The number of fused-ring (bicyclic) bond motifs is 1. The van der Waals surface area contributed by atoms with Crippen LogP contribution in [0.3, 0.4) is 0 Å². The second-order valence-electron chi connectivity index (χ2n) is 5.03. The molecule has 1 aromatic carbocycles. The van der Waals surface area contributed by atoms with Crippen molar-refractivity contribution in [3.8, 4) is 0 Å². The van der Waals surface area contributed by atoms with Crippen LogP contribution in [-0.4, -0.2) is 29.4 Å². The van der Waals surface area contributed by atoms with Gasteiger partial charge >= 0.3 is 0 Å². The average molecular weight is 288 g/mol. The molecule has 1 amide bonds. The molecule has 2 aromatic rings. The van der Waals surface area contributed by atoms with E-state index in [0.717, 1.165) is 11.1 Å². The molecule has 0 bridgehead atoms. The number of hydrogen-bond donors (Lipinski definition) is 2. The van der Waals surface area contributed by atoms with Crippen molar-refractivity contribution >= 4 is 5.91 Å². The largest absolute Gasteiger partial charge is 0.390 e. The van der Waals surface area contributed by atoms with Crippen LogP contribution in [-0.2, 0) is 17.8 Å². The molecule has 6 heteroatoms. The number of ether oxygens (including phenoxy) is 1. The maximum atomic E-state index is 12.2. The maximum absolute atomic E-state index is 12.2. The van der Waals surface area contributed by atoms with Crippen molar-refractivity contribution in [2.45, 2.75) is 25.2 Å². The monoisotopic (exact) mass is 288 g/mol. The van der Waals surface area contributed by atoms with Crippen molar-refractivity contribution in [2.24, 2.45) is 0 Å². The molecule has 2 N–H and O–H groups in total. The number of carbonyl (C=O) groups is 1. The van der Waals surface area contributed by atoms with Gasteiger partial charge in [-0.15, -0.1) is 0 Å². The van der Waals surface area contributed by atoms with E-state index in [9.17, 15) is 9.90 Å². The summed E-state index contributed by atoms with van der Waals surface area (Å²) in [5.41, 5.74) is 2.17. The van der Waals surface area contributed by atoms with Crippen molar-refractivity contribution < 1.29 is 19.2 Å². The van der Waals surface area contributed by atoms with E-state index in [2.05, 4.69) is 10.5 Å². The summed E-state index contributed by atoms with van der Waals surface area (Å²) in [6, 6.07) is 8.79. The van der Waals surface area contributed by atoms with Gasteiger partial charge in [0, 0.05) is 19.6 Å². The SMILES string of the molecule is COCc1cc(C(=O)N[C@H]2c3ccccc3C[C@H]2O)no1. The number of aromatic nitrogens is 1. The van der Waals surface area contributed by atoms with E-state index in [-0.39, 0.29) is 18.2 Å². The summed E-state index contributed by atoms with van der Waals surface area (Å²) in [6.07, 6.45) is -0.0915. The lowest BCUT2D eigenvalue weighted by Crippen LogP contribution is -2.34. The summed E-state index contributed by atoms with van der Waals surface area (Å²) in [4.78, 5) is 12.2. The van der Waals surface area contributed by atoms with Gasteiger partial charge in [0.25, 0.3) is 5.91 Å². The van der Waals surface area contributed by atoms with Gasteiger partial charge < -0.3 is 19.7 Å². The fourth-order valence-corrected chi connectivity index (χ4v) is 2.59. The number of methoxy groups -OCH3 is 1. The van der Waals surface area contributed by atoms with Crippen molar-refractivity contribution in [2.75, 3.05) is 7.11 Å². The third kappa shape index (κ3) is 2.68. The molecule has 110 valence electrons. The Hall–Kier alpha value is -2.18. The summed E-state index contributed by atoms with van der Waals surface area (Å²) in [6.45, 7) is 0.259. The molecule has 0 saturated carbocycles. The number of aliphatic hydroxyl groups is 1. The topological polar surface area (TPSA) is 84.6 Å². The van der Waals surface area contributed by atoms with E-state index >= 15 is 0 Å². The number of hydrogen-bond acceptors (Lipinski definition) is 5. The van der Waals surface area contributed by atoms with E-state index in [0.29, 0.717) is 12.2 Å². The van der Waals surface area contributed by atoms with Crippen LogP contribution >= 0.6 is 0 Å². The van der Waals surface area contributed by atoms with Crippen LogP contribution in [0.15, 0.2) is 34.9 Å². The molecule has 1 heterocycles. The molecule has 3 rings (SSSR count). The molecule has 2 atom stereocenters. The minimum absolute atomic E-state index is 0.179. The Morgan fingerprint density at radius 3 is 3.14 bits per heavy atom. The highest BCUT2D eigenvalue weighted by atomic mass is 16.5. The third-order valence-electron chi connectivity index (χ3n) is 3.57. The second kappa shape index (κ2) is 5.67. The number of rotatable bonds is 4. The van der Waals surface area contributed by atoms with Crippen LogP contribution in [0.5, 0.6) is 0 Å². The Balaban J connectivity index is 1.75. The lowest BCUT2D eigenvalue weighted by molar-refractivity contribution is 0.0849. The number of amides is 1. The molecular weight excluding hydrogens is 272 g/mol. The summed E-state index contributed by atoms with van der Waals surface area (Å²) in [5.74, 6) is 0.108. The van der Waals surface area contributed by atoms with E-state index in [1.807, 2.05) is 24.3 Å². The molecule has 6 nitrogen and oxygen atoms in total. The van der Waals surface area contributed by atoms with Gasteiger partial charge in [-0.1, -0.05) is 29.4 Å². The minimum atomic E-state index is -0.628. The molecule has 21 heavy (non-hydrogen) atoms. The molecule has 0 radical (unpaired) electrons. The number of carbonyl (C=O) groups excluding carboxylic acids is 1. The van der Waals surface area contributed by atoms with E-state index in [1.165, 1.54) is 13.2 Å². The Labute approximate surface area is 121 Å². The summed E-state index contributed by atoms with van der Waals surface area (Å²) in [7, 11) is 1.54. The van der Waals surface area contributed by atoms with Crippen LogP contribution < -0.4 is 5.32 Å². The van der Waals surface area contributed by atoms with Gasteiger partial charge in [0.05, 0.1) is 12.1 Å². The third-order valence-corrected chi connectivity index (χ3v) is 3.57. The number of aliphatic hydroxyl groups excluding tert-OH is 1. The predicted molar refractivity (Wildman–Crippen MR) is 73.6 cm³/mol. The van der Waals surface area contributed by atoms with Crippen molar-refractivity contribution in [1.29, 1.82) is 0 Å². The molecule has 0 unspecified atom stereocenters. The summed E-state index contributed by atoms with van der Waals surface area (Å²) >= 11 is 0. The first-order valence-corrected chi connectivity index (χ1v) is 6.70. The fraction of sp³-hybridized carbons (Fsp3) is 0.333. The Morgan fingerprint density at radius 1 is 1.52 bits per heavy atom. The lowest BCUT2D eigenvalue weighted by atomic mass is 10.1. The Morgan fingerprint density at radius 2 is 2.33 bits per heavy atom. The number of nitrogens with zero attached hydrogens (tertiary/aromatic N) is 1. The zero-order valence-electron chi connectivity index (χ0n) is 11.6. The molecule has 0 spiro atoms. The van der Waals surface area contributed by atoms with Crippen LogP contribution in [0, 0.1) is 0 Å². The molecule has 0 aliphatic heterocycles. The highest BCUT2D eigenvalue weighted by Crippen LogP contribution is 2.31. The highest BCUT2D eigenvalue weighted by Gasteiger charge is 2.32. The lowest BCUT2D eigenvalue weighted by Gasteiger charge is -2.16. The zero-order chi connectivity index (χ0) is 14.8. The number of benzene rings is 1. The standard InChI is InChI=1S/C15H16N2O4/c1-20-8-10-7-12(17-21-10)15(19)16-14-11-5-3-2-4-9(11)6-13(14)18/h2-5,7,13-14,18H,6,8H2,1H3,(H,16,19)/t13-,14+/m1/s1. The predicted octanol–water partition coefficient (Wildman–Crippen LogP) is 1.21. The summed E-state index contributed by atoms with van der Waals surface area (Å²) in [5, 5.41) is 16.6. The first kappa shape index (κ1) is 13.8. The van der Waals surface area contributed by atoms with Gasteiger partial charge in [0.15, 0.2) is 11.5 Å². The van der Waals surface area contributed by atoms with Gasteiger partial charge in [0.1, 0.15) is 6.61 Å². The molecule has 1 aliphatic carbocycles. The van der Waals surface area contributed by atoms with Gasteiger partial charge in [-0.2, -0.15) is 0 Å². The van der Waals surface area contributed by atoms with Crippen molar-refractivity contribution in [1.82, 2.24) is 10.5 Å². The van der Waals surface area contributed by atoms with Crippen LogP contribution in [0.4, 0.5) is 0 Å². The first-order valence-electron chi connectivity index (χ1n) is 6.70. The molecular formula is C15H16N2O4. The Bertz CT molecular complexity index is 653. The van der Waals surface area contributed by atoms with Crippen LogP contribution in [0.2, 0.25) is 0 Å². The van der Waals surface area contributed by atoms with E-state index in [4.69, 9.17) is 9.26 Å². The smallest absolute Gasteiger partial charge is 0.274 e. The fourth-order valence-electron chi connectivity index (χ4n) is 2.59. The van der Waals surface area contributed by atoms with Gasteiger partial charge in [-0.25, -0.2) is 0 Å². The average Bonchev–Trinajstić information content (AvgIpc) is 3.05. The highest BCUT2D eigenvalue weighted by molar-refractivity contribution is 5.92. The Kier molecular flexibility index (Phi) is 3.72. The first-order chi connectivity index (χ1) is 10.2. The minimum Gasteiger partial charge on any atom is -0.390 e. The zero-order valence-corrected chi connectivity index (χ0v) is 11.6. The van der Waals surface area contributed by atoms with E-state index < -0.39 is 12.1 Å². The quantitative estimate of drug-likeness (QED) is 0.883.